The smallest absolute Gasteiger partial charge is 0.416 e. The Labute approximate surface area is 185 Å². The minimum absolute atomic E-state index is 0.0498. The predicted molar refractivity (Wildman–Crippen MR) is 106 cm³/mol. The normalized spacial score (nSPS) is 20.3. The predicted octanol–water partition coefficient (Wildman–Crippen LogP) is 6.46. The average molecular weight is 480 g/mol. The summed E-state index contributed by atoms with van der Waals surface area (Å²) in [6.45, 7) is 1.00. The van der Waals surface area contributed by atoms with E-state index in [9.17, 15) is 36.2 Å². The van der Waals surface area contributed by atoms with Crippen molar-refractivity contribution in [3.63, 3.8) is 0 Å². The van der Waals surface area contributed by atoms with Crippen LogP contribution in [0.2, 0.25) is 5.02 Å². The standard InChI is InChI=1S/C22H20ClF6NO2/c23-19-9-18(22(27,28)29)6-3-15(19)11-30-10-13(8-20(31)32)7-16(12-30)14-1-4-17(5-2-14)21(24,25)26/h1-6,9,13,16H,7-8,10-12H2,(H,31,32)/t13-,16+/m1/s1. The van der Waals surface area contributed by atoms with Crippen molar-refractivity contribution in [1.82, 2.24) is 4.90 Å². The lowest BCUT2D eigenvalue weighted by atomic mass is 9.82. The maximum Gasteiger partial charge on any atom is 0.416 e. The lowest BCUT2D eigenvalue weighted by molar-refractivity contribution is -0.139. The number of alkyl halides is 6. The number of carbonyl (C=O) groups is 1. The average Bonchev–Trinajstić information content (AvgIpc) is 2.67. The van der Waals surface area contributed by atoms with Gasteiger partial charge in [-0.05, 0) is 53.6 Å². The van der Waals surface area contributed by atoms with E-state index in [4.69, 9.17) is 11.6 Å². The molecule has 2 atom stereocenters. The second-order valence-electron chi connectivity index (χ2n) is 8.01. The number of hydrogen-bond donors (Lipinski definition) is 1. The highest BCUT2D eigenvalue weighted by atomic mass is 35.5. The largest absolute Gasteiger partial charge is 0.481 e. The molecule has 3 nitrogen and oxygen atoms in total. The fourth-order valence-electron chi connectivity index (χ4n) is 4.11. The summed E-state index contributed by atoms with van der Waals surface area (Å²) in [4.78, 5) is 13.1. The highest BCUT2D eigenvalue weighted by Crippen LogP contribution is 2.36. The summed E-state index contributed by atoms with van der Waals surface area (Å²) >= 11 is 6.06. The van der Waals surface area contributed by atoms with Crippen molar-refractivity contribution >= 4 is 17.6 Å². The number of hydrogen-bond acceptors (Lipinski definition) is 2. The van der Waals surface area contributed by atoms with Crippen molar-refractivity contribution < 1.29 is 36.2 Å². The van der Waals surface area contributed by atoms with E-state index in [1.54, 1.807) is 0 Å². The molecule has 0 aliphatic carbocycles. The summed E-state index contributed by atoms with van der Waals surface area (Å²) in [5.41, 5.74) is -0.526. The van der Waals surface area contributed by atoms with E-state index in [-0.39, 0.29) is 29.8 Å². The number of aliphatic carboxylic acids is 1. The van der Waals surface area contributed by atoms with E-state index < -0.39 is 29.4 Å². The first-order valence-corrected chi connectivity index (χ1v) is 10.2. The van der Waals surface area contributed by atoms with Gasteiger partial charge >= 0.3 is 18.3 Å². The van der Waals surface area contributed by atoms with Crippen LogP contribution in [0.25, 0.3) is 0 Å². The van der Waals surface area contributed by atoms with Crippen molar-refractivity contribution in [3.8, 4) is 0 Å². The van der Waals surface area contributed by atoms with Crippen LogP contribution in [0.1, 0.15) is 41.0 Å². The number of rotatable bonds is 5. The molecule has 32 heavy (non-hydrogen) atoms. The van der Waals surface area contributed by atoms with Crippen molar-refractivity contribution in [2.24, 2.45) is 5.92 Å². The third kappa shape index (κ3) is 6.16. The SMILES string of the molecule is O=C(O)C[C@H]1C[C@H](c2ccc(C(F)(F)F)cc2)CN(Cc2ccc(C(F)(F)F)cc2Cl)C1. The van der Waals surface area contributed by atoms with Gasteiger partial charge in [-0.1, -0.05) is 29.8 Å². The maximum atomic E-state index is 12.9. The molecule has 2 aromatic carbocycles. The minimum atomic E-state index is -4.52. The van der Waals surface area contributed by atoms with Crippen molar-refractivity contribution in [2.45, 2.75) is 37.7 Å². The van der Waals surface area contributed by atoms with Crippen LogP contribution in [0.3, 0.4) is 0 Å². The van der Waals surface area contributed by atoms with E-state index in [2.05, 4.69) is 0 Å². The number of nitrogens with zero attached hydrogens (tertiary/aromatic N) is 1. The summed E-state index contributed by atoms with van der Waals surface area (Å²) in [7, 11) is 0. The quantitative estimate of drug-likeness (QED) is 0.500. The molecule has 0 aromatic heterocycles. The first-order valence-electron chi connectivity index (χ1n) is 9.80. The van der Waals surface area contributed by atoms with Crippen LogP contribution in [0.4, 0.5) is 26.3 Å². The lowest BCUT2D eigenvalue weighted by Gasteiger charge is -2.38. The van der Waals surface area contributed by atoms with E-state index in [0.717, 1.165) is 24.3 Å². The summed E-state index contributed by atoms with van der Waals surface area (Å²) in [6, 6.07) is 7.84. The Kier molecular flexibility index (Phi) is 7.09. The number of piperidine rings is 1. The molecule has 1 aliphatic heterocycles. The second-order valence-corrected chi connectivity index (χ2v) is 8.42. The summed E-state index contributed by atoms with van der Waals surface area (Å²) in [5.74, 6) is -1.47. The van der Waals surface area contributed by atoms with E-state index >= 15 is 0 Å². The molecule has 1 fully saturated rings. The van der Waals surface area contributed by atoms with Gasteiger partial charge in [0.1, 0.15) is 0 Å². The summed E-state index contributed by atoms with van der Waals surface area (Å²) < 4.78 is 77.2. The van der Waals surface area contributed by atoms with Crippen LogP contribution in [0.15, 0.2) is 42.5 Å². The van der Waals surface area contributed by atoms with Crippen LogP contribution in [0.5, 0.6) is 0 Å². The van der Waals surface area contributed by atoms with Gasteiger partial charge in [0.2, 0.25) is 0 Å². The van der Waals surface area contributed by atoms with Crippen LogP contribution in [-0.2, 0) is 23.7 Å². The van der Waals surface area contributed by atoms with Gasteiger partial charge in [-0.3, -0.25) is 9.69 Å². The highest BCUT2D eigenvalue weighted by molar-refractivity contribution is 6.31. The molecule has 1 heterocycles. The number of likely N-dealkylation sites (tertiary alicyclic amines) is 1. The molecule has 0 radical (unpaired) electrons. The van der Waals surface area contributed by atoms with Gasteiger partial charge in [-0.25, -0.2) is 0 Å². The van der Waals surface area contributed by atoms with Crippen LogP contribution in [0, 0.1) is 5.92 Å². The van der Waals surface area contributed by atoms with Gasteiger partial charge < -0.3 is 5.11 Å². The zero-order valence-electron chi connectivity index (χ0n) is 16.7. The molecule has 0 saturated carbocycles. The van der Waals surface area contributed by atoms with Crippen molar-refractivity contribution in [1.29, 1.82) is 0 Å². The highest BCUT2D eigenvalue weighted by Gasteiger charge is 2.34. The number of benzene rings is 2. The third-order valence-corrected chi connectivity index (χ3v) is 5.91. The Morgan fingerprint density at radius 2 is 1.56 bits per heavy atom. The van der Waals surface area contributed by atoms with Crippen LogP contribution < -0.4 is 0 Å². The Morgan fingerprint density at radius 3 is 2.09 bits per heavy atom. The number of halogens is 7. The first-order chi connectivity index (χ1) is 14.8. The van der Waals surface area contributed by atoms with Crippen molar-refractivity contribution in [3.05, 3.63) is 69.7 Å². The van der Waals surface area contributed by atoms with E-state index in [1.165, 1.54) is 18.2 Å². The topological polar surface area (TPSA) is 40.5 Å². The fourth-order valence-corrected chi connectivity index (χ4v) is 4.35. The molecule has 174 valence electrons. The molecule has 1 saturated heterocycles. The lowest BCUT2D eigenvalue weighted by Crippen LogP contribution is -2.40. The minimum Gasteiger partial charge on any atom is -0.481 e. The Hall–Kier alpha value is -2.26. The monoisotopic (exact) mass is 479 g/mol. The molecule has 3 rings (SSSR count). The van der Waals surface area contributed by atoms with Gasteiger partial charge in [0.15, 0.2) is 0 Å². The molecular formula is C22H20ClF6NO2. The molecule has 0 spiro atoms. The Balaban J connectivity index is 1.81. The van der Waals surface area contributed by atoms with Gasteiger partial charge in [0, 0.05) is 31.1 Å². The van der Waals surface area contributed by atoms with Gasteiger partial charge in [-0.15, -0.1) is 0 Å². The molecule has 2 aromatic rings. The van der Waals surface area contributed by atoms with E-state index in [1.807, 2.05) is 4.90 Å². The van der Waals surface area contributed by atoms with Gasteiger partial charge in [0.05, 0.1) is 11.1 Å². The summed E-state index contributed by atoms with van der Waals surface area (Å²) in [5, 5.41) is 9.15. The number of carboxylic acids is 1. The second kappa shape index (κ2) is 9.31. The maximum absolute atomic E-state index is 12.9. The zero-order chi connectivity index (χ0) is 23.7. The molecule has 10 heteroatoms. The molecule has 0 unspecified atom stereocenters. The Morgan fingerprint density at radius 1 is 0.969 bits per heavy atom. The zero-order valence-corrected chi connectivity index (χ0v) is 17.4. The van der Waals surface area contributed by atoms with Crippen LogP contribution >= 0.6 is 11.6 Å². The Bertz CT molecular complexity index is 958. The van der Waals surface area contributed by atoms with Gasteiger partial charge in [-0.2, -0.15) is 26.3 Å². The summed E-state index contributed by atoms with van der Waals surface area (Å²) in [6.07, 6.45) is -8.61. The fraction of sp³-hybridized carbons (Fsp3) is 0.409. The number of carboxylic acid groups (broad SMARTS) is 1. The third-order valence-electron chi connectivity index (χ3n) is 5.56. The molecule has 0 amide bonds. The van der Waals surface area contributed by atoms with Gasteiger partial charge in [0.25, 0.3) is 0 Å². The van der Waals surface area contributed by atoms with Crippen molar-refractivity contribution in [2.75, 3.05) is 13.1 Å². The van der Waals surface area contributed by atoms with Crippen LogP contribution in [-0.4, -0.2) is 29.1 Å². The molecular weight excluding hydrogens is 460 g/mol. The molecule has 1 N–H and O–H groups in total. The molecule has 1 aliphatic rings. The molecule has 0 bridgehead atoms. The van der Waals surface area contributed by atoms with E-state index in [0.29, 0.717) is 30.6 Å². The first kappa shape index (κ1) is 24.4.